The summed E-state index contributed by atoms with van der Waals surface area (Å²) in [5, 5.41) is 11.4. The van der Waals surface area contributed by atoms with Crippen LogP contribution < -0.4 is 11.1 Å². The number of rotatable bonds is 5. The number of carboxylic acids is 1. The summed E-state index contributed by atoms with van der Waals surface area (Å²) in [6.07, 6.45) is 0. The lowest BCUT2D eigenvalue weighted by atomic mass is 10.1. The second kappa shape index (κ2) is 5.93. The summed E-state index contributed by atoms with van der Waals surface area (Å²) in [6.45, 7) is 10.9. The van der Waals surface area contributed by atoms with Crippen molar-refractivity contribution >= 4 is 23.6 Å². The number of hydrogen-bond acceptors (Lipinski definition) is 4. The van der Waals surface area contributed by atoms with Gasteiger partial charge in [-0.25, -0.2) is 0 Å². The molecule has 0 aromatic carbocycles. The normalized spacial score (nSPS) is 15.9. The predicted octanol–water partition coefficient (Wildman–Crippen LogP) is 1.21. The van der Waals surface area contributed by atoms with Gasteiger partial charge in [-0.3, -0.25) is 9.59 Å². The zero-order valence-corrected chi connectivity index (χ0v) is 12.7. The van der Waals surface area contributed by atoms with Gasteiger partial charge in [-0.05, 0) is 41.5 Å². The number of carbonyl (C=O) groups is 2. The van der Waals surface area contributed by atoms with Crippen molar-refractivity contribution in [2.75, 3.05) is 0 Å². The van der Waals surface area contributed by atoms with E-state index in [4.69, 9.17) is 10.8 Å². The molecular formula is C12H24N2O3S. The number of amides is 1. The minimum atomic E-state index is -1.06. The first-order valence-corrected chi connectivity index (χ1v) is 6.73. The van der Waals surface area contributed by atoms with Gasteiger partial charge in [-0.2, -0.15) is 0 Å². The molecule has 0 aromatic rings. The van der Waals surface area contributed by atoms with Crippen LogP contribution in [0.25, 0.3) is 0 Å². The number of nitrogens with one attached hydrogen (secondary N) is 1. The van der Waals surface area contributed by atoms with Gasteiger partial charge in [0.2, 0.25) is 5.91 Å². The predicted molar refractivity (Wildman–Crippen MR) is 74.6 cm³/mol. The van der Waals surface area contributed by atoms with Crippen molar-refractivity contribution in [3.05, 3.63) is 0 Å². The molecule has 4 N–H and O–H groups in total. The number of nitrogens with two attached hydrogens (primary N) is 1. The molecule has 2 atom stereocenters. The number of aliphatic carboxylic acids is 1. The van der Waals surface area contributed by atoms with Crippen molar-refractivity contribution in [3.63, 3.8) is 0 Å². The molecule has 0 spiro atoms. The van der Waals surface area contributed by atoms with Crippen LogP contribution >= 0.6 is 11.8 Å². The van der Waals surface area contributed by atoms with Crippen LogP contribution in [0.4, 0.5) is 0 Å². The van der Waals surface area contributed by atoms with Crippen LogP contribution in [0, 0.1) is 0 Å². The average molecular weight is 276 g/mol. The molecule has 6 heteroatoms. The van der Waals surface area contributed by atoms with E-state index in [1.54, 1.807) is 20.8 Å². The molecule has 5 nitrogen and oxygen atoms in total. The highest BCUT2D eigenvalue weighted by molar-refractivity contribution is 8.02. The SMILES string of the molecule is CC(SC(C)(C)[C@H](N)C(=O)O)C(=O)NC(C)(C)C. The molecule has 0 heterocycles. The monoisotopic (exact) mass is 276 g/mol. The van der Waals surface area contributed by atoms with E-state index in [0.717, 1.165) is 0 Å². The molecule has 0 fully saturated rings. The van der Waals surface area contributed by atoms with Gasteiger partial charge in [-0.1, -0.05) is 0 Å². The first kappa shape index (κ1) is 17.2. The standard InChI is InChI=1S/C12H24N2O3S/c1-7(9(15)14-11(2,3)4)18-12(5,6)8(13)10(16)17/h7-8H,13H2,1-6H3,(H,14,15)(H,16,17)/t7?,8-/m1/s1. The van der Waals surface area contributed by atoms with Crippen LogP contribution in [0.5, 0.6) is 0 Å². The van der Waals surface area contributed by atoms with Gasteiger partial charge in [0.15, 0.2) is 0 Å². The van der Waals surface area contributed by atoms with Gasteiger partial charge < -0.3 is 16.2 Å². The summed E-state index contributed by atoms with van der Waals surface area (Å²) in [7, 11) is 0. The lowest BCUT2D eigenvalue weighted by molar-refractivity contribution is -0.139. The second-order valence-corrected chi connectivity index (χ2v) is 7.91. The molecule has 0 rings (SSSR count). The Morgan fingerprint density at radius 3 is 2.00 bits per heavy atom. The molecule has 0 aliphatic heterocycles. The van der Waals surface area contributed by atoms with Crippen molar-refractivity contribution < 1.29 is 14.7 Å². The Labute approximate surface area is 113 Å². The second-order valence-electron chi connectivity index (χ2n) is 5.92. The third kappa shape index (κ3) is 5.73. The molecule has 0 saturated heterocycles. The molecule has 0 aliphatic rings. The van der Waals surface area contributed by atoms with E-state index in [0.29, 0.717) is 0 Å². The fourth-order valence-electron chi connectivity index (χ4n) is 1.35. The maximum atomic E-state index is 11.9. The highest BCUT2D eigenvalue weighted by atomic mass is 32.2. The van der Waals surface area contributed by atoms with Crippen molar-refractivity contribution in [2.24, 2.45) is 5.73 Å². The molecule has 106 valence electrons. The van der Waals surface area contributed by atoms with E-state index in [9.17, 15) is 9.59 Å². The summed E-state index contributed by atoms with van der Waals surface area (Å²) >= 11 is 1.27. The van der Waals surface area contributed by atoms with Crippen LogP contribution in [0.3, 0.4) is 0 Å². The number of thioether (sulfide) groups is 1. The topological polar surface area (TPSA) is 92.4 Å². The largest absolute Gasteiger partial charge is 0.480 e. The fourth-order valence-corrected chi connectivity index (χ4v) is 2.68. The lowest BCUT2D eigenvalue weighted by Crippen LogP contribution is -2.50. The Morgan fingerprint density at radius 2 is 1.67 bits per heavy atom. The van der Waals surface area contributed by atoms with Crippen molar-refractivity contribution in [1.29, 1.82) is 0 Å². The summed E-state index contributed by atoms with van der Waals surface area (Å²) in [4.78, 5) is 22.8. The number of hydrogen-bond donors (Lipinski definition) is 3. The molecule has 1 amide bonds. The summed E-state index contributed by atoms with van der Waals surface area (Å²) in [6, 6.07) is -1.01. The summed E-state index contributed by atoms with van der Waals surface area (Å²) < 4.78 is -0.708. The third-order valence-corrected chi connectivity index (χ3v) is 3.79. The molecule has 0 aliphatic carbocycles. The quantitative estimate of drug-likeness (QED) is 0.702. The maximum Gasteiger partial charge on any atom is 0.321 e. The molecule has 0 bridgehead atoms. The van der Waals surface area contributed by atoms with Gasteiger partial charge in [-0.15, -0.1) is 11.8 Å². The molecule has 0 radical (unpaired) electrons. The van der Waals surface area contributed by atoms with Gasteiger partial charge in [0, 0.05) is 10.3 Å². The van der Waals surface area contributed by atoms with Gasteiger partial charge in [0.05, 0.1) is 5.25 Å². The highest BCUT2D eigenvalue weighted by Crippen LogP contribution is 2.31. The Morgan fingerprint density at radius 1 is 1.22 bits per heavy atom. The Balaban J connectivity index is 4.60. The smallest absolute Gasteiger partial charge is 0.321 e. The molecule has 18 heavy (non-hydrogen) atoms. The average Bonchev–Trinajstić information content (AvgIpc) is 2.12. The van der Waals surface area contributed by atoms with Crippen molar-refractivity contribution in [3.8, 4) is 0 Å². The highest BCUT2D eigenvalue weighted by Gasteiger charge is 2.36. The molecule has 0 aromatic heterocycles. The van der Waals surface area contributed by atoms with E-state index in [2.05, 4.69) is 5.32 Å². The van der Waals surface area contributed by atoms with Crippen LogP contribution in [-0.2, 0) is 9.59 Å². The Kier molecular flexibility index (Phi) is 5.68. The van der Waals surface area contributed by atoms with Gasteiger partial charge >= 0.3 is 5.97 Å². The van der Waals surface area contributed by atoms with E-state index >= 15 is 0 Å². The minimum absolute atomic E-state index is 0.113. The van der Waals surface area contributed by atoms with Crippen LogP contribution in [-0.4, -0.2) is 38.6 Å². The first-order chi connectivity index (χ1) is 7.87. The van der Waals surface area contributed by atoms with Crippen LogP contribution in [0.15, 0.2) is 0 Å². The van der Waals surface area contributed by atoms with Crippen molar-refractivity contribution in [2.45, 2.75) is 63.1 Å². The summed E-state index contributed by atoms with van der Waals surface area (Å²) in [5.41, 5.74) is 5.32. The zero-order valence-electron chi connectivity index (χ0n) is 11.9. The van der Waals surface area contributed by atoms with Crippen LogP contribution in [0.2, 0.25) is 0 Å². The Hall–Kier alpha value is -0.750. The van der Waals surface area contributed by atoms with Gasteiger partial charge in [0.25, 0.3) is 0 Å². The van der Waals surface area contributed by atoms with Crippen LogP contribution in [0.1, 0.15) is 41.5 Å². The lowest BCUT2D eigenvalue weighted by Gasteiger charge is -2.31. The van der Waals surface area contributed by atoms with E-state index < -0.39 is 16.8 Å². The third-order valence-electron chi connectivity index (χ3n) is 2.36. The molecule has 1 unspecified atom stereocenters. The number of carboxylic acid groups (broad SMARTS) is 1. The zero-order chi connectivity index (χ0) is 14.7. The summed E-state index contributed by atoms with van der Waals surface area (Å²) in [5.74, 6) is -1.17. The molecular weight excluding hydrogens is 252 g/mol. The van der Waals surface area contributed by atoms with Crippen molar-refractivity contribution in [1.82, 2.24) is 5.32 Å². The van der Waals surface area contributed by atoms with E-state index in [1.165, 1.54) is 11.8 Å². The minimum Gasteiger partial charge on any atom is -0.480 e. The Bertz CT molecular complexity index is 324. The molecule has 0 saturated carbocycles. The van der Waals surface area contributed by atoms with E-state index in [-0.39, 0.29) is 16.7 Å². The fraction of sp³-hybridized carbons (Fsp3) is 0.833. The maximum absolute atomic E-state index is 11.9. The van der Waals surface area contributed by atoms with Gasteiger partial charge in [0.1, 0.15) is 6.04 Å². The first-order valence-electron chi connectivity index (χ1n) is 5.85. The number of carbonyl (C=O) groups excluding carboxylic acids is 1. The van der Waals surface area contributed by atoms with E-state index in [1.807, 2.05) is 20.8 Å².